The molecule has 0 heterocycles. The van der Waals surface area contributed by atoms with Crippen molar-refractivity contribution in [3.8, 4) is 0 Å². The summed E-state index contributed by atoms with van der Waals surface area (Å²) >= 11 is 0. The third-order valence-electron chi connectivity index (χ3n) is 8.92. The first-order valence-electron chi connectivity index (χ1n) is 18.1. The third-order valence-corrected chi connectivity index (χ3v) is 8.92. The number of Topliss-reactive ketones (excluding diaryl/α,β-unsaturated/α-hetero) is 3. The number of esters is 3. The SMILES string of the molecule is C=CC(=O)OC(O)C(COCC(CO)(C(O)OCC(OC)C(=O)C(=C)C)C(O)(OCC(OC)C(=O)C(=C)C)OCC(OC)C(=O)C(=C)C)(C(O)OC(=O)C=C)C(O)OC(=O)C=C. The van der Waals surface area contributed by atoms with Crippen LogP contribution in [0.1, 0.15) is 20.8 Å². The molecule has 0 amide bonds. The van der Waals surface area contributed by atoms with E-state index < -0.39 is 135 Å². The van der Waals surface area contributed by atoms with Crippen LogP contribution in [-0.4, -0.2) is 176 Å². The first-order valence-corrected chi connectivity index (χ1v) is 18.1. The van der Waals surface area contributed by atoms with Crippen LogP contribution in [0.2, 0.25) is 0 Å². The second-order valence-electron chi connectivity index (χ2n) is 13.4. The molecule has 0 aromatic rings. The molecule has 0 aliphatic carbocycles. The molecule has 22 heteroatoms. The highest BCUT2D eigenvalue weighted by Crippen LogP contribution is 2.41. The van der Waals surface area contributed by atoms with Gasteiger partial charge >= 0.3 is 17.9 Å². The molecule has 22 nitrogen and oxygen atoms in total. The fourth-order valence-electron chi connectivity index (χ4n) is 4.96. The molecule has 8 atom stereocenters. The van der Waals surface area contributed by atoms with Gasteiger partial charge in [-0.15, -0.1) is 0 Å². The summed E-state index contributed by atoms with van der Waals surface area (Å²) < 4.78 is 52.5. The van der Waals surface area contributed by atoms with E-state index in [4.69, 9.17) is 47.4 Å². The second kappa shape index (κ2) is 26.7. The van der Waals surface area contributed by atoms with E-state index in [1.807, 2.05) is 0 Å². The quantitative estimate of drug-likeness (QED) is 0.0187. The number of methoxy groups -OCH3 is 3. The normalized spacial score (nSPS) is 17.6. The smallest absolute Gasteiger partial charge is 0.332 e. The minimum atomic E-state index is -3.57. The Bertz CT molecular complexity index is 1530. The molecule has 0 fully saturated rings. The molecule has 0 aliphatic rings. The van der Waals surface area contributed by atoms with E-state index in [-0.39, 0.29) is 16.7 Å². The van der Waals surface area contributed by atoms with Crippen molar-refractivity contribution in [1.82, 2.24) is 0 Å². The Morgan fingerprint density at radius 2 is 0.887 bits per heavy atom. The monoisotopic (exact) mass is 890 g/mol. The van der Waals surface area contributed by atoms with Crippen LogP contribution in [0.25, 0.3) is 0 Å². The molecule has 0 aliphatic heterocycles. The van der Waals surface area contributed by atoms with Crippen LogP contribution in [0.4, 0.5) is 0 Å². The van der Waals surface area contributed by atoms with Crippen molar-refractivity contribution in [2.45, 2.75) is 70.2 Å². The van der Waals surface area contributed by atoms with Crippen LogP contribution in [0, 0.1) is 10.8 Å². The van der Waals surface area contributed by atoms with Crippen molar-refractivity contribution < 1.29 is 107 Å². The summed E-state index contributed by atoms with van der Waals surface area (Å²) in [5, 5.41) is 69.1. The minimum absolute atomic E-state index is 0.0195. The van der Waals surface area contributed by atoms with Crippen molar-refractivity contribution in [3.05, 3.63) is 74.4 Å². The van der Waals surface area contributed by atoms with Crippen LogP contribution >= 0.6 is 0 Å². The average molecular weight is 891 g/mol. The lowest BCUT2D eigenvalue weighted by atomic mass is 9.83. The van der Waals surface area contributed by atoms with Gasteiger partial charge in [-0.2, -0.15) is 0 Å². The van der Waals surface area contributed by atoms with E-state index in [1.165, 1.54) is 20.8 Å². The summed E-state index contributed by atoms with van der Waals surface area (Å²) in [6.07, 6.45) is -14.4. The minimum Gasteiger partial charge on any atom is -0.432 e. The first-order chi connectivity index (χ1) is 28.9. The van der Waals surface area contributed by atoms with Gasteiger partial charge < -0.3 is 78.0 Å². The molecular weight excluding hydrogens is 832 g/mol. The first kappa shape index (κ1) is 57.3. The molecule has 0 bridgehead atoms. The van der Waals surface area contributed by atoms with Gasteiger partial charge in [-0.1, -0.05) is 39.5 Å². The number of aliphatic hydroxyl groups excluding tert-OH is 5. The van der Waals surface area contributed by atoms with Crippen LogP contribution in [-0.2, 0) is 76.1 Å². The van der Waals surface area contributed by atoms with Crippen LogP contribution < -0.4 is 0 Å². The van der Waals surface area contributed by atoms with Gasteiger partial charge in [0.1, 0.15) is 23.7 Å². The fourth-order valence-corrected chi connectivity index (χ4v) is 4.96. The number of hydrogen-bond donors (Lipinski definition) is 6. The highest BCUT2D eigenvalue weighted by molar-refractivity contribution is 5.98. The zero-order chi connectivity index (χ0) is 48.2. The van der Waals surface area contributed by atoms with Crippen molar-refractivity contribution in [2.24, 2.45) is 10.8 Å². The van der Waals surface area contributed by atoms with Crippen molar-refractivity contribution in [1.29, 1.82) is 0 Å². The molecule has 8 unspecified atom stereocenters. The number of rotatable bonds is 34. The summed E-state index contributed by atoms with van der Waals surface area (Å²) in [5.74, 6) is -10.1. The number of hydrogen-bond acceptors (Lipinski definition) is 22. The number of carbonyl (C=O) groups is 6. The molecule has 350 valence electrons. The van der Waals surface area contributed by atoms with Gasteiger partial charge in [0.2, 0.25) is 18.9 Å². The fraction of sp³-hybridized carbons (Fsp3) is 0.550. The standard InChI is InChI=1S/C40H58O22/c1-13-28(42)60-35(49)39(36(50)61-29(43)14-2,37(51)62-30(44)15-3)21-56-20-38(19-41,34(48)57-16-25(53-10)31(45)22(4)5)40(52,58-17-26(54-11)32(46)23(6)7)59-18-27(55-12)33(47)24(8)9/h13-15,25-27,34-37,41,48-52H,1-4,6,8,16-21H2,5,7,9-12H3. The van der Waals surface area contributed by atoms with Crippen molar-refractivity contribution in [3.63, 3.8) is 0 Å². The van der Waals surface area contributed by atoms with Crippen LogP contribution in [0.3, 0.4) is 0 Å². The molecule has 0 saturated heterocycles. The van der Waals surface area contributed by atoms with Gasteiger partial charge in [0.05, 0.1) is 39.6 Å². The maximum Gasteiger partial charge on any atom is 0.332 e. The van der Waals surface area contributed by atoms with E-state index in [1.54, 1.807) is 0 Å². The van der Waals surface area contributed by atoms with E-state index >= 15 is 0 Å². The molecule has 62 heavy (non-hydrogen) atoms. The Labute approximate surface area is 358 Å². The van der Waals surface area contributed by atoms with Gasteiger partial charge in [-0.3, -0.25) is 14.4 Å². The number of ketones is 3. The number of ether oxygens (including phenoxy) is 10. The molecule has 0 radical (unpaired) electrons. The predicted octanol–water partition coefficient (Wildman–Crippen LogP) is -1.39. The van der Waals surface area contributed by atoms with Crippen LogP contribution in [0.5, 0.6) is 0 Å². The van der Waals surface area contributed by atoms with Gasteiger partial charge in [0.15, 0.2) is 29.1 Å². The Hall–Kier alpha value is -4.66. The lowest BCUT2D eigenvalue weighted by Crippen LogP contribution is -2.65. The van der Waals surface area contributed by atoms with E-state index in [2.05, 4.69) is 39.5 Å². The Balaban J connectivity index is 8.10. The zero-order valence-electron chi connectivity index (χ0n) is 35.5. The van der Waals surface area contributed by atoms with Gasteiger partial charge in [0.25, 0.3) is 5.97 Å². The predicted molar refractivity (Wildman–Crippen MR) is 210 cm³/mol. The maximum absolute atomic E-state index is 12.9. The highest BCUT2D eigenvalue weighted by atomic mass is 16.8. The second-order valence-corrected chi connectivity index (χ2v) is 13.4. The summed E-state index contributed by atoms with van der Waals surface area (Å²) in [6, 6.07) is 0. The van der Waals surface area contributed by atoms with E-state index in [0.29, 0.717) is 18.2 Å². The summed E-state index contributed by atoms with van der Waals surface area (Å²) in [6.45, 7) is 16.7. The van der Waals surface area contributed by atoms with Gasteiger partial charge in [-0.05, 0) is 37.5 Å². The number of aliphatic hydroxyl groups is 6. The van der Waals surface area contributed by atoms with Gasteiger partial charge in [-0.25, -0.2) is 14.4 Å². The Kier molecular flexibility index (Phi) is 24.7. The van der Waals surface area contributed by atoms with Gasteiger partial charge in [0, 0.05) is 39.6 Å². The molecule has 0 spiro atoms. The Morgan fingerprint density at radius 3 is 1.16 bits per heavy atom. The lowest BCUT2D eigenvalue weighted by Gasteiger charge is -2.48. The third kappa shape index (κ3) is 15.0. The van der Waals surface area contributed by atoms with Crippen LogP contribution in [0.15, 0.2) is 74.4 Å². The molecule has 0 aromatic carbocycles. The van der Waals surface area contributed by atoms with Crippen molar-refractivity contribution in [2.75, 3.05) is 61.0 Å². The summed E-state index contributed by atoms with van der Waals surface area (Å²) in [7, 11) is 3.24. The summed E-state index contributed by atoms with van der Waals surface area (Å²) in [4.78, 5) is 75.4. The summed E-state index contributed by atoms with van der Waals surface area (Å²) in [5.41, 5.74) is -6.42. The largest absolute Gasteiger partial charge is 0.432 e. The zero-order valence-corrected chi connectivity index (χ0v) is 35.5. The average Bonchev–Trinajstić information content (AvgIpc) is 3.23. The highest BCUT2D eigenvalue weighted by Gasteiger charge is 2.62. The molecule has 0 rings (SSSR count). The molecule has 6 N–H and O–H groups in total. The maximum atomic E-state index is 12.9. The lowest BCUT2D eigenvalue weighted by molar-refractivity contribution is -0.456. The molecule has 0 saturated carbocycles. The topological polar surface area (TPSA) is 316 Å². The van der Waals surface area contributed by atoms with E-state index in [0.717, 1.165) is 21.3 Å². The number of carbonyl (C=O) groups excluding carboxylic acids is 6. The van der Waals surface area contributed by atoms with E-state index in [9.17, 15) is 59.4 Å². The Morgan fingerprint density at radius 1 is 0.565 bits per heavy atom. The van der Waals surface area contributed by atoms with Crippen molar-refractivity contribution >= 4 is 35.3 Å². The molecule has 0 aromatic heterocycles. The molecular formula is C40H58O22.